The van der Waals surface area contributed by atoms with Gasteiger partial charge in [0.2, 0.25) is 10.0 Å². The Morgan fingerprint density at radius 2 is 1.62 bits per heavy atom. The van der Waals surface area contributed by atoms with E-state index in [2.05, 4.69) is 35.6 Å². The van der Waals surface area contributed by atoms with Crippen LogP contribution in [0.3, 0.4) is 0 Å². The molecular formula is C19H30N2O2S. The lowest BCUT2D eigenvalue weighted by atomic mass is 9.95. The lowest BCUT2D eigenvalue weighted by Crippen LogP contribution is -2.33. The summed E-state index contributed by atoms with van der Waals surface area (Å²) in [4.78, 5) is 2.50. The molecule has 1 aromatic rings. The number of rotatable bonds is 2. The van der Waals surface area contributed by atoms with Gasteiger partial charge in [0.25, 0.3) is 0 Å². The minimum Gasteiger partial charge on any atom is -0.300 e. The highest BCUT2D eigenvalue weighted by Gasteiger charge is 2.32. The topological polar surface area (TPSA) is 49.4 Å². The van der Waals surface area contributed by atoms with Gasteiger partial charge in [-0.15, -0.1) is 0 Å². The maximum absolute atomic E-state index is 12.7. The molecule has 1 N–H and O–H groups in total. The summed E-state index contributed by atoms with van der Waals surface area (Å²) >= 11 is 0. The molecule has 2 aliphatic rings. The molecule has 1 atom stereocenters. The second-order valence-electron chi connectivity index (χ2n) is 7.88. The molecule has 134 valence electrons. The predicted octanol–water partition coefficient (Wildman–Crippen LogP) is 3.21. The second kappa shape index (κ2) is 6.68. The van der Waals surface area contributed by atoms with Gasteiger partial charge in [-0.3, -0.25) is 4.72 Å². The van der Waals surface area contributed by atoms with Crippen LogP contribution in [0.25, 0.3) is 0 Å². The van der Waals surface area contributed by atoms with Gasteiger partial charge in [0.05, 0.1) is 10.9 Å². The van der Waals surface area contributed by atoms with E-state index in [0.717, 1.165) is 38.0 Å². The van der Waals surface area contributed by atoms with E-state index >= 15 is 0 Å². The molecule has 3 rings (SSSR count). The summed E-state index contributed by atoms with van der Waals surface area (Å²) < 4.78 is 28.2. The van der Waals surface area contributed by atoms with Crippen LogP contribution in [0, 0.1) is 5.92 Å². The van der Waals surface area contributed by atoms with E-state index < -0.39 is 10.0 Å². The average molecular weight is 351 g/mol. The van der Waals surface area contributed by atoms with Crippen molar-refractivity contribution in [2.45, 2.75) is 64.7 Å². The lowest BCUT2D eigenvalue weighted by Gasteiger charge is -2.23. The quantitative estimate of drug-likeness (QED) is 0.891. The van der Waals surface area contributed by atoms with E-state index in [-0.39, 0.29) is 11.2 Å². The smallest absolute Gasteiger partial charge is 0.235 e. The summed E-state index contributed by atoms with van der Waals surface area (Å²) in [5, 5.41) is -0.305. The third-order valence-corrected chi connectivity index (χ3v) is 7.67. The Morgan fingerprint density at radius 3 is 2.21 bits per heavy atom. The highest BCUT2D eigenvalue weighted by Crippen LogP contribution is 2.32. The Bertz CT molecular complexity index is 710. The lowest BCUT2D eigenvalue weighted by molar-refractivity contribution is 0.233. The molecule has 0 fully saturated rings. The van der Waals surface area contributed by atoms with Crippen LogP contribution in [0.4, 0.5) is 5.69 Å². The zero-order valence-corrected chi connectivity index (χ0v) is 16.1. The highest BCUT2D eigenvalue weighted by molar-refractivity contribution is 7.93. The molecule has 0 bridgehead atoms. The monoisotopic (exact) mass is 350 g/mol. The van der Waals surface area contributed by atoms with Gasteiger partial charge < -0.3 is 4.90 Å². The molecule has 0 aliphatic carbocycles. The SMILES string of the molecule is CC(C)C1CCc2cc3c(cc2NS1(=O)=O)CCN(C(C)C)CC3. The first-order valence-corrected chi connectivity index (χ1v) is 10.7. The fourth-order valence-electron chi connectivity index (χ4n) is 4.04. The molecule has 24 heavy (non-hydrogen) atoms. The Hall–Kier alpha value is -1.07. The Balaban J connectivity index is 1.92. The van der Waals surface area contributed by atoms with Gasteiger partial charge >= 0.3 is 0 Å². The maximum atomic E-state index is 12.7. The van der Waals surface area contributed by atoms with Crippen LogP contribution in [-0.4, -0.2) is 37.7 Å². The molecule has 0 amide bonds. The van der Waals surface area contributed by atoms with E-state index in [0.29, 0.717) is 12.5 Å². The summed E-state index contributed by atoms with van der Waals surface area (Å²) in [7, 11) is -3.29. The van der Waals surface area contributed by atoms with Crippen molar-refractivity contribution in [3.05, 3.63) is 28.8 Å². The molecule has 0 saturated heterocycles. The van der Waals surface area contributed by atoms with Crippen LogP contribution in [0.15, 0.2) is 12.1 Å². The Kier molecular flexibility index (Phi) is 4.94. The van der Waals surface area contributed by atoms with Crippen LogP contribution >= 0.6 is 0 Å². The van der Waals surface area contributed by atoms with Gasteiger partial charge in [-0.1, -0.05) is 19.9 Å². The van der Waals surface area contributed by atoms with Crippen LogP contribution in [0.5, 0.6) is 0 Å². The molecule has 5 heteroatoms. The zero-order chi connectivity index (χ0) is 17.5. The third kappa shape index (κ3) is 3.47. The van der Waals surface area contributed by atoms with E-state index in [1.54, 1.807) is 0 Å². The molecule has 0 saturated carbocycles. The summed E-state index contributed by atoms with van der Waals surface area (Å²) in [6, 6.07) is 4.93. The van der Waals surface area contributed by atoms with Crippen LogP contribution in [0.1, 0.15) is 50.8 Å². The Labute approximate surface area is 146 Å². The number of benzene rings is 1. The van der Waals surface area contributed by atoms with Crippen LogP contribution in [-0.2, 0) is 29.3 Å². The van der Waals surface area contributed by atoms with Gasteiger partial charge in [-0.05, 0) is 68.2 Å². The van der Waals surface area contributed by atoms with Crippen molar-refractivity contribution in [2.75, 3.05) is 17.8 Å². The molecule has 0 aromatic heterocycles. The van der Waals surface area contributed by atoms with Crippen molar-refractivity contribution in [1.29, 1.82) is 0 Å². The first-order valence-electron chi connectivity index (χ1n) is 9.18. The summed E-state index contributed by atoms with van der Waals surface area (Å²) in [6.45, 7) is 10.6. The van der Waals surface area contributed by atoms with E-state index in [9.17, 15) is 8.42 Å². The normalized spacial score (nSPS) is 24.0. The average Bonchev–Trinajstić information content (AvgIpc) is 2.75. The van der Waals surface area contributed by atoms with Crippen LogP contribution < -0.4 is 4.72 Å². The van der Waals surface area contributed by atoms with Crippen LogP contribution in [0.2, 0.25) is 0 Å². The first kappa shape index (κ1) is 17.7. The molecular weight excluding hydrogens is 320 g/mol. The van der Waals surface area contributed by atoms with E-state index in [1.807, 2.05) is 13.8 Å². The number of fused-ring (bicyclic) bond motifs is 2. The molecule has 2 aliphatic heterocycles. The largest absolute Gasteiger partial charge is 0.300 e. The molecule has 2 heterocycles. The van der Waals surface area contributed by atoms with Gasteiger partial charge in [-0.25, -0.2) is 8.42 Å². The third-order valence-electron chi connectivity index (χ3n) is 5.58. The zero-order valence-electron chi connectivity index (χ0n) is 15.3. The van der Waals surface area contributed by atoms with Crippen molar-refractivity contribution in [3.63, 3.8) is 0 Å². The summed E-state index contributed by atoms with van der Waals surface area (Å²) in [5.41, 5.74) is 4.69. The van der Waals surface area contributed by atoms with Crippen molar-refractivity contribution >= 4 is 15.7 Å². The number of sulfonamides is 1. The fraction of sp³-hybridized carbons (Fsp3) is 0.684. The summed E-state index contributed by atoms with van der Waals surface area (Å²) in [5.74, 6) is 0.134. The number of anilines is 1. The van der Waals surface area contributed by atoms with Gasteiger partial charge in [0.15, 0.2) is 0 Å². The molecule has 1 unspecified atom stereocenters. The molecule has 0 spiro atoms. The van der Waals surface area contributed by atoms with Crippen molar-refractivity contribution in [2.24, 2.45) is 5.92 Å². The minimum atomic E-state index is -3.29. The van der Waals surface area contributed by atoms with Gasteiger partial charge in [0.1, 0.15) is 0 Å². The minimum absolute atomic E-state index is 0.134. The second-order valence-corrected chi connectivity index (χ2v) is 9.78. The predicted molar refractivity (Wildman–Crippen MR) is 100 cm³/mol. The number of aryl methyl sites for hydroxylation is 1. The van der Waals surface area contributed by atoms with Crippen molar-refractivity contribution in [1.82, 2.24) is 4.90 Å². The number of hydrogen-bond acceptors (Lipinski definition) is 3. The Morgan fingerprint density at radius 1 is 1.00 bits per heavy atom. The highest BCUT2D eigenvalue weighted by atomic mass is 32.2. The molecule has 4 nitrogen and oxygen atoms in total. The first-order chi connectivity index (χ1) is 11.3. The van der Waals surface area contributed by atoms with Crippen molar-refractivity contribution < 1.29 is 8.42 Å². The molecule has 0 radical (unpaired) electrons. The summed E-state index contributed by atoms with van der Waals surface area (Å²) in [6.07, 6.45) is 3.60. The standard InChI is InChI=1S/C19H30N2O2S/c1-13(2)19-6-5-17-11-15-7-9-21(14(3)4)10-8-16(15)12-18(17)20-24(19,22)23/h11-14,19-20H,5-10H2,1-4H3. The van der Waals surface area contributed by atoms with Gasteiger partial charge in [-0.2, -0.15) is 0 Å². The van der Waals surface area contributed by atoms with E-state index in [1.165, 1.54) is 16.7 Å². The van der Waals surface area contributed by atoms with Crippen molar-refractivity contribution in [3.8, 4) is 0 Å². The number of hydrogen-bond donors (Lipinski definition) is 1. The maximum Gasteiger partial charge on any atom is 0.235 e. The number of nitrogens with one attached hydrogen (secondary N) is 1. The van der Waals surface area contributed by atoms with Gasteiger partial charge in [0, 0.05) is 19.1 Å². The fourth-order valence-corrected chi connectivity index (χ4v) is 5.83. The number of nitrogens with zero attached hydrogens (tertiary/aromatic N) is 1. The van der Waals surface area contributed by atoms with E-state index in [4.69, 9.17) is 0 Å². The molecule has 1 aromatic carbocycles.